The predicted molar refractivity (Wildman–Crippen MR) is 79.0 cm³/mol. The molecule has 3 nitrogen and oxygen atoms in total. The number of aryl methyl sites for hydroxylation is 2. The van der Waals surface area contributed by atoms with Crippen LogP contribution in [0.3, 0.4) is 0 Å². The van der Waals surface area contributed by atoms with Gasteiger partial charge in [-0.05, 0) is 30.5 Å². The summed E-state index contributed by atoms with van der Waals surface area (Å²) in [6, 6.07) is 7.59. The van der Waals surface area contributed by atoms with Gasteiger partial charge in [0, 0.05) is 31.9 Å². The second-order valence-electron chi connectivity index (χ2n) is 5.69. The van der Waals surface area contributed by atoms with Gasteiger partial charge in [-0.3, -0.25) is 4.90 Å². The Kier molecular flexibility index (Phi) is 3.76. The van der Waals surface area contributed by atoms with Crippen molar-refractivity contribution in [2.75, 3.05) is 44.3 Å². The standard InChI is InChI=1S/C16H24N2O/c1-3-14-4-5-16(13(2)10-14)18-8-6-17(7-9-18)15-11-19-12-15/h4-5,10,15H,3,6-9,11-12H2,1-2H3. The van der Waals surface area contributed by atoms with E-state index in [9.17, 15) is 0 Å². The molecule has 0 unspecified atom stereocenters. The molecule has 1 aromatic rings. The van der Waals surface area contributed by atoms with Gasteiger partial charge in [-0.1, -0.05) is 19.1 Å². The highest BCUT2D eigenvalue weighted by Gasteiger charge is 2.29. The molecule has 104 valence electrons. The fourth-order valence-corrected chi connectivity index (χ4v) is 3.05. The molecule has 2 heterocycles. The predicted octanol–water partition coefficient (Wildman–Crippen LogP) is 2.08. The molecule has 0 amide bonds. The van der Waals surface area contributed by atoms with Crippen LogP contribution in [0.25, 0.3) is 0 Å². The molecule has 2 aliphatic heterocycles. The zero-order valence-corrected chi connectivity index (χ0v) is 12.1. The highest BCUT2D eigenvalue weighted by Crippen LogP contribution is 2.24. The Morgan fingerprint density at radius 1 is 1.16 bits per heavy atom. The van der Waals surface area contributed by atoms with Crippen molar-refractivity contribution in [3.63, 3.8) is 0 Å². The number of nitrogens with zero attached hydrogens (tertiary/aromatic N) is 2. The Hall–Kier alpha value is -1.06. The second kappa shape index (κ2) is 5.51. The van der Waals surface area contributed by atoms with E-state index < -0.39 is 0 Å². The summed E-state index contributed by atoms with van der Waals surface area (Å²) >= 11 is 0. The Balaban J connectivity index is 1.64. The van der Waals surface area contributed by atoms with Crippen molar-refractivity contribution >= 4 is 5.69 Å². The van der Waals surface area contributed by atoms with Crippen LogP contribution in [-0.2, 0) is 11.2 Å². The minimum Gasteiger partial charge on any atom is -0.378 e. The highest BCUT2D eigenvalue weighted by molar-refractivity contribution is 5.54. The quantitative estimate of drug-likeness (QED) is 0.827. The molecular formula is C16H24N2O. The third-order valence-electron chi connectivity index (χ3n) is 4.46. The molecule has 2 fully saturated rings. The fraction of sp³-hybridized carbons (Fsp3) is 0.625. The summed E-state index contributed by atoms with van der Waals surface area (Å²) in [7, 11) is 0. The number of piperazine rings is 1. The Bertz CT molecular complexity index is 434. The van der Waals surface area contributed by atoms with Crippen molar-refractivity contribution in [2.45, 2.75) is 26.3 Å². The second-order valence-corrected chi connectivity index (χ2v) is 5.69. The first kappa shape index (κ1) is 12.9. The number of hydrogen-bond acceptors (Lipinski definition) is 3. The van der Waals surface area contributed by atoms with Crippen molar-refractivity contribution in [2.24, 2.45) is 0 Å². The van der Waals surface area contributed by atoms with Gasteiger partial charge in [0.1, 0.15) is 0 Å². The molecule has 0 radical (unpaired) electrons. The van der Waals surface area contributed by atoms with Crippen LogP contribution in [-0.4, -0.2) is 50.3 Å². The monoisotopic (exact) mass is 260 g/mol. The molecule has 2 aliphatic rings. The first-order valence-electron chi connectivity index (χ1n) is 7.44. The number of rotatable bonds is 3. The maximum absolute atomic E-state index is 5.29. The van der Waals surface area contributed by atoms with Gasteiger partial charge in [-0.2, -0.15) is 0 Å². The van der Waals surface area contributed by atoms with Crippen molar-refractivity contribution in [1.82, 2.24) is 4.90 Å². The molecule has 19 heavy (non-hydrogen) atoms. The van der Waals surface area contributed by atoms with Crippen LogP contribution in [0.1, 0.15) is 18.1 Å². The van der Waals surface area contributed by atoms with E-state index >= 15 is 0 Å². The average Bonchev–Trinajstić information content (AvgIpc) is 2.38. The first-order chi connectivity index (χ1) is 9.28. The normalized spacial score (nSPS) is 21.5. The maximum atomic E-state index is 5.29. The Labute approximate surface area is 116 Å². The molecular weight excluding hydrogens is 236 g/mol. The van der Waals surface area contributed by atoms with Crippen LogP contribution in [0, 0.1) is 6.92 Å². The SMILES string of the molecule is CCc1ccc(N2CCN(C3COC3)CC2)c(C)c1. The lowest BCUT2D eigenvalue weighted by molar-refractivity contribution is -0.0660. The summed E-state index contributed by atoms with van der Waals surface area (Å²) in [6.07, 6.45) is 1.12. The van der Waals surface area contributed by atoms with E-state index in [-0.39, 0.29) is 0 Å². The van der Waals surface area contributed by atoms with E-state index in [1.165, 1.54) is 29.9 Å². The van der Waals surface area contributed by atoms with E-state index in [0.29, 0.717) is 6.04 Å². The summed E-state index contributed by atoms with van der Waals surface area (Å²) in [5.41, 5.74) is 4.27. The summed E-state index contributed by atoms with van der Waals surface area (Å²) in [6.45, 7) is 10.9. The third-order valence-corrected chi connectivity index (χ3v) is 4.46. The number of ether oxygens (including phenoxy) is 1. The van der Waals surface area contributed by atoms with E-state index in [1.54, 1.807) is 0 Å². The minimum atomic E-state index is 0.686. The van der Waals surface area contributed by atoms with E-state index in [1.807, 2.05) is 0 Å². The summed E-state index contributed by atoms with van der Waals surface area (Å²) in [4.78, 5) is 5.11. The van der Waals surface area contributed by atoms with Gasteiger partial charge in [-0.15, -0.1) is 0 Å². The lowest BCUT2D eigenvalue weighted by Crippen LogP contribution is -2.56. The van der Waals surface area contributed by atoms with Crippen LogP contribution in [0.5, 0.6) is 0 Å². The van der Waals surface area contributed by atoms with Crippen LogP contribution in [0.15, 0.2) is 18.2 Å². The molecule has 0 atom stereocenters. The number of anilines is 1. The highest BCUT2D eigenvalue weighted by atomic mass is 16.5. The van der Waals surface area contributed by atoms with Gasteiger partial charge >= 0.3 is 0 Å². The zero-order valence-electron chi connectivity index (χ0n) is 12.1. The smallest absolute Gasteiger partial charge is 0.0645 e. The minimum absolute atomic E-state index is 0.686. The third kappa shape index (κ3) is 2.63. The van der Waals surface area contributed by atoms with Gasteiger partial charge in [0.15, 0.2) is 0 Å². The largest absolute Gasteiger partial charge is 0.378 e. The summed E-state index contributed by atoms with van der Waals surface area (Å²) in [5, 5.41) is 0. The molecule has 3 rings (SSSR count). The molecule has 0 N–H and O–H groups in total. The molecule has 0 aromatic heterocycles. The van der Waals surface area contributed by atoms with E-state index in [2.05, 4.69) is 41.8 Å². The molecule has 3 heteroatoms. The van der Waals surface area contributed by atoms with Crippen molar-refractivity contribution in [3.05, 3.63) is 29.3 Å². The lowest BCUT2D eigenvalue weighted by atomic mass is 10.1. The van der Waals surface area contributed by atoms with Crippen molar-refractivity contribution < 1.29 is 4.74 Å². The topological polar surface area (TPSA) is 15.7 Å². The molecule has 2 saturated heterocycles. The Morgan fingerprint density at radius 3 is 2.42 bits per heavy atom. The first-order valence-corrected chi connectivity index (χ1v) is 7.44. The molecule has 0 bridgehead atoms. The van der Waals surface area contributed by atoms with Crippen LogP contribution in [0.4, 0.5) is 5.69 Å². The number of benzene rings is 1. The zero-order chi connectivity index (χ0) is 13.2. The number of hydrogen-bond donors (Lipinski definition) is 0. The summed E-state index contributed by atoms with van der Waals surface area (Å²) in [5.74, 6) is 0. The molecule has 1 aromatic carbocycles. The van der Waals surface area contributed by atoms with Gasteiger partial charge in [0.05, 0.1) is 19.3 Å². The molecule has 0 spiro atoms. The van der Waals surface area contributed by atoms with Gasteiger partial charge in [0.2, 0.25) is 0 Å². The fourth-order valence-electron chi connectivity index (χ4n) is 3.05. The van der Waals surface area contributed by atoms with Crippen LogP contribution < -0.4 is 4.90 Å². The molecule has 0 aliphatic carbocycles. The Morgan fingerprint density at radius 2 is 1.89 bits per heavy atom. The van der Waals surface area contributed by atoms with Crippen molar-refractivity contribution in [3.8, 4) is 0 Å². The van der Waals surface area contributed by atoms with Crippen LogP contribution >= 0.6 is 0 Å². The molecule has 0 saturated carbocycles. The van der Waals surface area contributed by atoms with E-state index in [0.717, 1.165) is 32.7 Å². The lowest BCUT2D eigenvalue weighted by Gasteiger charge is -2.43. The maximum Gasteiger partial charge on any atom is 0.0645 e. The van der Waals surface area contributed by atoms with Crippen molar-refractivity contribution in [1.29, 1.82) is 0 Å². The van der Waals surface area contributed by atoms with Gasteiger partial charge < -0.3 is 9.64 Å². The summed E-state index contributed by atoms with van der Waals surface area (Å²) < 4.78 is 5.29. The van der Waals surface area contributed by atoms with Gasteiger partial charge in [0.25, 0.3) is 0 Å². The van der Waals surface area contributed by atoms with E-state index in [4.69, 9.17) is 4.74 Å². The average molecular weight is 260 g/mol. The van der Waals surface area contributed by atoms with Crippen LogP contribution in [0.2, 0.25) is 0 Å². The van der Waals surface area contributed by atoms with Gasteiger partial charge in [-0.25, -0.2) is 0 Å².